The van der Waals surface area contributed by atoms with Crippen molar-refractivity contribution >= 4 is 13.3 Å². The molecule has 142 valence electrons. The van der Waals surface area contributed by atoms with E-state index < -0.39 is 8.07 Å². The molecule has 0 heterocycles. The van der Waals surface area contributed by atoms with E-state index in [9.17, 15) is 0 Å². The van der Waals surface area contributed by atoms with Gasteiger partial charge in [-0.15, -0.1) is 6.92 Å². The van der Waals surface area contributed by atoms with E-state index in [1.165, 1.54) is 33.0 Å². The fraction of sp³-hybridized carbons (Fsp3) is 0.565. The monoisotopic (exact) mass is 403 g/mol. The van der Waals surface area contributed by atoms with Crippen LogP contribution < -0.4 is 9.92 Å². The summed E-state index contributed by atoms with van der Waals surface area (Å²) in [4.78, 5) is 0. The first kappa shape index (κ1) is 23.5. The van der Waals surface area contributed by atoms with Gasteiger partial charge in [-0.1, -0.05) is 77.4 Å². The molecule has 0 spiro atoms. The summed E-state index contributed by atoms with van der Waals surface area (Å²) in [5.41, 5.74) is 6.88. The van der Waals surface area contributed by atoms with Gasteiger partial charge < -0.3 is 4.74 Å². The van der Waals surface area contributed by atoms with E-state index in [1.54, 1.807) is 0 Å². The van der Waals surface area contributed by atoms with Crippen molar-refractivity contribution in [2.24, 2.45) is 0 Å². The molecule has 0 radical (unpaired) electrons. The van der Waals surface area contributed by atoms with Crippen molar-refractivity contribution in [3.63, 3.8) is 0 Å². The Morgan fingerprint density at radius 3 is 1.96 bits per heavy atom. The smallest absolute Gasteiger partial charge is 0.121 e. The quantitative estimate of drug-likeness (QED) is 0.439. The summed E-state index contributed by atoms with van der Waals surface area (Å²) in [6.07, 6.45) is 3.85. The second kappa shape index (κ2) is 7.45. The van der Waals surface area contributed by atoms with E-state index in [1.807, 2.05) is 7.11 Å². The summed E-state index contributed by atoms with van der Waals surface area (Å²) < 4.78 is 6.02. The van der Waals surface area contributed by atoms with E-state index in [2.05, 4.69) is 86.7 Å². The van der Waals surface area contributed by atoms with Crippen LogP contribution in [0.25, 0.3) is 0 Å². The number of hydrogen-bond acceptors (Lipinski definition) is 1. The summed E-state index contributed by atoms with van der Waals surface area (Å²) in [5.74, 6) is 1.09. The predicted octanol–water partition coefficient (Wildman–Crippen LogP) is 6.07. The van der Waals surface area contributed by atoms with Crippen molar-refractivity contribution in [1.82, 2.24) is 0 Å². The molecule has 1 aromatic carbocycles. The van der Waals surface area contributed by atoms with Crippen LogP contribution in [0.4, 0.5) is 0 Å². The topological polar surface area (TPSA) is 9.23 Å². The summed E-state index contributed by atoms with van der Waals surface area (Å²) in [7, 11) is -0.116. The zero-order valence-electron chi connectivity index (χ0n) is 18.6. The zero-order chi connectivity index (χ0) is 19.4. The van der Waals surface area contributed by atoms with Crippen LogP contribution in [0, 0.1) is 13.0 Å². The van der Waals surface area contributed by atoms with Crippen molar-refractivity contribution in [3.05, 3.63) is 46.1 Å². The molecule has 0 aromatic heterocycles. The van der Waals surface area contributed by atoms with Gasteiger partial charge in [-0.2, -0.15) is 11.1 Å². The third-order valence-corrected chi connectivity index (χ3v) is 11.2. The Kier molecular flexibility index (Phi) is 6.73. The van der Waals surface area contributed by atoms with Gasteiger partial charge in [0.15, 0.2) is 0 Å². The molecule has 26 heavy (non-hydrogen) atoms. The van der Waals surface area contributed by atoms with Gasteiger partial charge in [0.25, 0.3) is 0 Å². The zero-order valence-corrected chi connectivity index (χ0v) is 21.1. The van der Waals surface area contributed by atoms with E-state index in [4.69, 9.17) is 4.74 Å². The van der Waals surface area contributed by atoms with E-state index in [-0.39, 0.29) is 32.2 Å². The molecule has 1 aliphatic carbocycles. The van der Waals surface area contributed by atoms with Crippen LogP contribution in [0.3, 0.4) is 0 Å². The maximum Gasteiger partial charge on any atom is 0.121 e. The molecule has 0 bridgehead atoms. The largest absolute Gasteiger partial charge is 0.497 e. The average Bonchev–Trinajstić information content (AvgIpc) is 2.70. The van der Waals surface area contributed by atoms with Crippen LogP contribution in [-0.2, 0) is 27.1 Å². The number of hydrogen-bond donors (Lipinski definition) is 0. The van der Waals surface area contributed by atoms with Gasteiger partial charge in [0.2, 0.25) is 0 Å². The van der Waals surface area contributed by atoms with Gasteiger partial charge in [0, 0.05) is 21.7 Å². The molecule has 1 nitrogen and oxygen atoms in total. The first-order valence-corrected chi connectivity index (χ1v) is 12.3. The fourth-order valence-electron chi connectivity index (χ4n) is 4.13. The van der Waals surface area contributed by atoms with Crippen molar-refractivity contribution in [1.29, 1.82) is 0 Å². The third-order valence-electron chi connectivity index (χ3n) is 6.48. The molecule has 0 saturated heterocycles. The first-order chi connectivity index (χ1) is 11.3. The Morgan fingerprint density at radius 1 is 1.04 bits per heavy atom. The SMILES string of the molecule is COc1c(C(C)(C)C)cc(C)cc1[Si](C)(C)C1(C)[C-]=C(C)C(C)=C1C.[Ti]. The normalized spacial score (nSPS) is 20.8. The fourth-order valence-corrected chi connectivity index (χ4v) is 7.68. The molecule has 1 atom stereocenters. The predicted molar refractivity (Wildman–Crippen MR) is 113 cm³/mol. The van der Waals surface area contributed by atoms with Crippen LogP contribution >= 0.6 is 0 Å². The maximum absolute atomic E-state index is 6.02. The first-order valence-electron chi connectivity index (χ1n) is 9.27. The minimum atomic E-state index is -1.94. The molecule has 0 fully saturated rings. The Hall–Kier alpha value is -0.569. The summed E-state index contributed by atoms with van der Waals surface area (Å²) in [6, 6.07) is 4.66. The standard InChI is InChI=1S/C23H35OSi.Ti/c1-15-12-19(22(5,6)7)21(24-9)20(13-15)25(10,11)23(8)14-16(2)17(3)18(23)4;/h12-13H,1-11H3;/q-1;. The summed E-state index contributed by atoms with van der Waals surface area (Å²) in [5, 5.41) is 1.41. The number of rotatable bonds is 3. The molecular weight excluding hydrogens is 368 g/mol. The van der Waals surface area contributed by atoms with Gasteiger partial charge in [0.1, 0.15) is 5.75 Å². The van der Waals surface area contributed by atoms with E-state index in [0.717, 1.165) is 5.75 Å². The molecule has 0 amide bonds. The second-order valence-corrected chi connectivity index (χ2v) is 14.2. The van der Waals surface area contributed by atoms with Gasteiger partial charge in [-0.25, -0.2) is 5.57 Å². The van der Waals surface area contributed by atoms with Crippen LogP contribution in [-0.4, -0.2) is 15.2 Å². The minimum Gasteiger partial charge on any atom is -0.497 e. The Balaban J connectivity index is 0.00000338. The third kappa shape index (κ3) is 3.57. The Morgan fingerprint density at radius 2 is 1.58 bits per heavy atom. The van der Waals surface area contributed by atoms with Gasteiger partial charge in [-0.3, -0.25) is 6.08 Å². The summed E-state index contributed by atoms with van der Waals surface area (Å²) in [6.45, 7) is 23.1. The average molecular weight is 403 g/mol. The van der Waals surface area contributed by atoms with E-state index in [0.29, 0.717) is 0 Å². The molecule has 0 aliphatic heterocycles. The van der Waals surface area contributed by atoms with Crippen LogP contribution in [0.5, 0.6) is 5.75 Å². The number of ether oxygens (including phenoxy) is 1. The number of allylic oxidation sites excluding steroid dienone is 4. The number of benzene rings is 1. The minimum absolute atomic E-state index is 0. The van der Waals surface area contributed by atoms with Crippen LogP contribution in [0.2, 0.25) is 18.1 Å². The second-order valence-electron chi connectivity index (χ2n) is 9.39. The maximum atomic E-state index is 6.02. The molecule has 1 aliphatic rings. The van der Waals surface area contributed by atoms with Crippen LogP contribution in [0.1, 0.15) is 59.6 Å². The van der Waals surface area contributed by atoms with Gasteiger partial charge >= 0.3 is 0 Å². The molecule has 2 rings (SSSR count). The number of aryl methyl sites for hydroxylation is 1. The Labute approximate surface area is 177 Å². The van der Waals surface area contributed by atoms with Gasteiger partial charge in [0.05, 0.1) is 15.2 Å². The molecular formula is C23H35OSiTi-. The van der Waals surface area contributed by atoms with Crippen molar-refractivity contribution < 1.29 is 26.5 Å². The Bertz CT molecular complexity index is 765. The summed E-state index contributed by atoms with van der Waals surface area (Å²) >= 11 is 0. The van der Waals surface area contributed by atoms with Crippen LogP contribution in [0.15, 0.2) is 28.9 Å². The van der Waals surface area contributed by atoms with Crippen molar-refractivity contribution in [3.8, 4) is 5.75 Å². The molecule has 1 aromatic rings. The molecule has 0 N–H and O–H groups in total. The van der Waals surface area contributed by atoms with Crippen molar-refractivity contribution in [2.45, 2.75) is 78.9 Å². The molecule has 0 saturated carbocycles. The molecule has 1 unspecified atom stereocenters. The number of methoxy groups -OCH3 is 1. The van der Waals surface area contributed by atoms with Crippen molar-refractivity contribution in [2.75, 3.05) is 7.11 Å². The molecule has 3 heteroatoms. The van der Waals surface area contributed by atoms with E-state index >= 15 is 0 Å². The van der Waals surface area contributed by atoms with Gasteiger partial charge in [-0.05, 0) is 23.1 Å².